The SMILES string of the molecule is CCc1nc(C)c(C(=O)N[C@@H]2C[C@@H]3OCC[C@@H]32)o1. The third kappa shape index (κ3) is 1.82. The number of aryl methyl sites for hydroxylation is 2. The first-order chi connectivity index (χ1) is 8.69. The Morgan fingerprint density at radius 2 is 2.39 bits per heavy atom. The van der Waals surface area contributed by atoms with Gasteiger partial charge in [-0.25, -0.2) is 4.98 Å². The second-order valence-corrected chi connectivity index (χ2v) is 5.05. The van der Waals surface area contributed by atoms with Gasteiger partial charge in [-0.15, -0.1) is 0 Å². The van der Waals surface area contributed by atoms with Gasteiger partial charge >= 0.3 is 0 Å². The van der Waals surface area contributed by atoms with Crippen LogP contribution in [-0.4, -0.2) is 29.6 Å². The van der Waals surface area contributed by atoms with Crippen LogP contribution < -0.4 is 5.32 Å². The van der Waals surface area contributed by atoms with Gasteiger partial charge in [-0.05, 0) is 19.8 Å². The third-order valence-electron chi connectivity index (χ3n) is 3.93. The zero-order valence-electron chi connectivity index (χ0n) is 10.7. The largest absolute Gasteiger partial charge is 0.435 e. The first kappa shape index (κ1) is 11.7. The molecule has 1 N–H and O–H groups in total. The quantitative estimate of drug-likeness (QED) is 0.882. The van der Waals surface area contributed by atoms with E-state index in [1.165, 1.54) is 0 Å². The molecule has 1 aromatic rings. The molecule has 1 saturated heterocycles. The average molecular weight is 250 g/mol. The normalized spacial score (nSPS) is 29.8. The summed E-state index contributed by atoms with van der Waals surface area (Å²) in [7, 11) is 0. The molecule has 1 aliphatic carbocycles. The predicted molar refractivity (Wildman–Crippen MR) is 64.3 cm³/mol. The molecule has 1 aromatic heterocycles. The molecule has 5 nitrogen and oxygen atoms in total. The summed E-state index contributed by atoms with van der Waals surface area (Å²) in [6.07, 6.45) is 3.03. The fourth-order valence-corrected chi connectivity index (χ4v) is 2.81. The topological polar surface area (TPSA) is 64.4 Å². The smallest absolute Gasteiger partial charge is 0.289 e. The number of amides is 1. The van der Waals surface area contributed by atoms with Crippen molar-refractivity contribution >= 4 is 5.91 Å². The third-order valence-corrected chi connectivity index (χ3v) is 3.93. The predicted octanol–water partition coefficient (Wildman–Crippen LogP) is 1.45. The highest BCUT2D eigenvalue weighted by atomic mass is 16.5. The molecule has 1 saturated carbocycles. The summed E-state index contributed by atoms with van der Waals surface area (Å²) in [5, 5.41) is 3.03. The molecule has 0 unspecified atom stereocenters. The Labute approximate surface area is 106 Å². The highest BCUT2D eigenvalue weighted by molar-refractivity contribution is 5.92. The van der Waals surface area contributed by atoms with Gasteiger partial charge in [0.15, 0.2) is 5.89 Å². The summed E-state index contributed by atoms with van der Waals surface area (Å²) in [5.74, 6) is 1.32. The van der Waals surface area contributed by atoms with E-state index in [4.69, 9.17) is 9.15 Å². The van der Waals surface area contributed by atoms with Crippen molar-refractivity contribution < 1.29 is 13.9 Å². The molecule has 3 rings (SSSR count). The fraction of sp³-hybridized carbons (Fsp3) is 0.692. The zero-order valence-corrected chi connectivity index (χ0v) is 10.7. The molecule has 0 bridgehead atoms. The minimum absolute atomic E-state index is 0.143. The Hall–Kier alpha value is -1.36. The molecule has 2 aliphatic rings. The van der Waals surface area contributed by atoms with Crippen molar-refractivity contribution in [2.24, 2.45) is 5.92 Å². The number of fused-ring (bicyclic) bond motifs is 1. The van der Waals surface area contributed by atoms with Crippen molar-refractivity contribution in [2.75, 3.05) is 6.61 Å². The van der Waals surface area contributed by atoms with Crippen molar-refractivity contribution in [3.05, 3.63) is 17.3 Å². The van der Waals surface area contributed by atoms with Gasteiger partial charge in [0.05, 0.1) is 11.8 Å². The van der Waals surface area contributed by atoms with E-state index in [0.717, 1.165) is 19.4 Å². The summed E-state index contributed by atoms with van der Waals surface area (Å²) in [6.45, 7) is 4.59. The van der Waals surface area contributed by atoms with E-state index in [1.807, 2.05) is 6.92 Å². The molecule has 0 spiro atoms. The van der Waals surface area contributed by atoms with Gasteiger partial charge < -0.3 is 14.5 Å². The maximum Gasteiger partial charge on any atom is 0.289 e. The van der Waals surface area contributed by atoms with Crippen LogP contribution in [0.25, 0.3) is 0 Å². The number of rotatable bonds is 3. The van der Waals surface area contributed by atoms with Crippen molar-refractivity contribution in [3.63, 3.8) is 0 Å². The number of hydrogen-bond acceptors (Lipinski definition) is 4. The van der Waals surface area contributed by atoms with Gasteiger partial charge in [0.1, 0.15) is 0 Å². The molecule has 0 aromatic carbocycles. The first-order valence-electron chi connectivity index (χ1n) is 6.57. The van der Waals surface area contributed by atoms with Crippen LogP contribution in [0.2, 0.25) is 0 Å². The molecular weight excluding hydrogens is 232 g/mol. The molecule has 0 radical (unpaired) electrons. The molecular formula is C13H18N2O3. The minimum atomic E-state index is -0.143. The molecule has 2 heterocycles. The van der Waals surface area contributed by atoms with E-state index in [0.29, 0.717) is 35.8 Å². The van der Waals surface area contributed by atoms with E-state index in [9.17, 15) is 4.79 Å². The van der Waals surface area contributed by atoms with Gasteiger partial charge in [0, 0.05) is 25.0 Å². The van der Waals surface area contributed by atoms with Gasteiger partial charge in [0.2, 0.25) is 5.76 Å². The minimum Gasteiger partial charge on any atom is -0.435 e. The summed E-state index contributed by atoms with van der Waals surface area (Å²) < 4.78 is 11.0. The molecule has 1 amide bonds. The fourth-order valence-electron chi connectivity index (χ4n) is 2.81. The maximum atomic E-state index is 12.1. The highest BCUT2D eigenvalue weighted by Gasteiger charge is 2.46. The number of oxazole rings is 1. The molecule has 18 heavy (non-hydrogen) atoms. The second kappa shape index (κ2) is 4.39. The van der Waals surface area contributed by atoms with E-state index in [1.54, 1.807) is 6.92 Å². The number of carbonyl (C=O) groups excluding carboxylic acids is 1. The lowest BCUT2D eigenvalue weighted by molar-refractivity contribution is 0.00769. The summed E-state index contributed by atoms with van der Waals surface area (Å²) in [5.41, 5.74) is 0.669. The van der Waals surface area contributed by atoms with Gasteiger partial charge in [-0.3, -0.25) is 4.79 Å². The van der Waals surface area contributed by atoms with E-state index < -0.39 is 0 Å². The van der Waals surface area contributed by atoms with Gasteiger partial charge in [-0.1, -0.05) is 6.92 Å². The number of carbonyl (C=O) groups is 1. The van der Waals surface area contributed by atoms with Crippen molar-refractivity contribution in [3.8, 4) is 0 Å². The summed E-state index contributed by atoms with van der Waals surface area (Å²) in [6, 6.07) is 0.236. The Kier molecular flexibility index (Phi) is 2.86. The number of ether oxygens (including phenoxy) is 1. The highest BCUT2D eigenvalue weighted by Crippen LogP contribution is 2.38. The molecule has 5 heteroatoms. The van der Waals surface area contributed by atoms with Crippen LogP contribution in [0, 0.1) is 12.8 Å². The first-order valence-corrected chi connectivity index (χ1v) is 6.57. The second-order valence-electron chi connectivity index (χ2n) is 5.05. The van der Waals surface area contributed by atoms with Crippen LogP contribution in [0.4, 0.5) is 0 Å². The Bertz CT molecular complexity index is 469. The van der Waals surface area contributed by atoms with Crippen LogP contribution in [0.15, 0.2) is 4.42 Å². The average Bonchev–Trinajstić information content (AvgIpc) is 2.89. The van der Waals surface area contributed by atoms with Crippen LogP contribution in [0.3, 0.4) is 0 Å². The number of hydrogen-bond donors (Lipinski definition) is 1. The maximum absolute atomic E-state index is 12.1. The standard InChI is InChI=1S/C13H18N2O3/c1-3-11-14-7(2)12(18-11)13(16)15-9-6-10-8(9)4-5-17-10/h8-10H,3-6H2,1-2H3,(H,15,16)/t8-,9-,10+/m1/s1. The van der Waals surface area contributed by atoms with Gasteiger partial charge in [0.25, 0.3) is 5.91 Å². The Morgan fingerprint density at radius 3 is 3.06 bits per heavy atom. The zero-order chi connectivity index (χ0) is 12.7. The lowest BCUT2D eigenvalue weighted by Gasteiger charge is -2.39. The summed E-state index contributed by atoms with van der Waals surface area (Å²) in [4.78, 5) is 16.3. The van der Waals surface area contributed by atoms with Crippen LogP contribution in [-0.2, 0) is 11.2 Å². The van der Waals surface area contributed by atoms with Crippen LogP contribution >= 0.6 is 0 Å². The number of nitrogens with zero attached hydrogens (tertiary/aromatic N) is 1. The lowest BCUT2D eigenvalue weighted by atomic mass is 9.76. The van der Waals surface area contributed by atoms with Crippen molar-refractivity contribution in [1.29, 1.82) is 0 Å². The van der Waals surface area contributed by atoms with Crippen LogP contribution in [0.5, 0.6) is 0 Å². The molecule has 98 valence electrons. The van der Waals surface area contributed by atoms with Crippen molar-refractivity contribution in [1.82, 2.24) is 10.3 Å². The van der Waals surface area contributed by atoms with Crippen molar-refractivity contribution in [2.45, 2.75) is 45.3 Å². The van der Waals surface area contributed by atoms with Crippen LogP contribution in [0.1, 0.15) is 41.9 Å². The molecule has 1 aliphatic heterocycles. The Morgan fingerprint density at radius 1 is 1.56 bits per heavy atom. The lowest BCUT2D eigenvalue weighted by Crippen LogP contribution is -2.53. The van der Waals surface area contributed by atoms with E-state index >= 15 is 0 Å². The number of nitrogens with one attached hydrogen (secondary N) is 1. The Balaban J connectivity index is 1.66. The van der Waals surface area contributed by atoms with Gasteiger partial charge in [-0.2, -0.15) is 0 Å². The molecule has 2 fully saturated rings. The van der Waals surface area contributed by atoms with E-state index in [-0.39, 0.29) is 11.9 Å². The molecule has 3 atom stereocenters. The number of aromatic nitrogens is 1. The monoisotopic (exact) mass is 250 g/mol. The van der Waals surface area contributed by atoms with E-state index in [2.05, 4.69) is 10.3 Å². The summed E-state index contributed by atoms with van der Waals surface area (Å²) >= 11 is 0.